The summed E-state index contributed by atoms with van der Waals surface area (Å²) in [6.07, 6.45) is 5.98. The highest BCUT2D eigenvalue weighted by Crippen LogP contribution is 2.50. The number of benzene rings is 1. The minimum absolute atomic E-state index is 0.0606. The lowest BCUT2D eigenvalue weighted by Gasteiger charge is -2.52. The van der Waals surface area contributed by atoms with Gasteiger partial charge in [0, 0.05) is 63.9 Å². The van der Waals surface area contributed by atoms with Crippen molar-refractivity contribution in [2.24, 2.45) is 17.1 Å². The first-order valence-corrected chi connectivity index (χ1v) is 21.6. The van der Waals surface area contributed by atoms with Crippen molar-refractivity contribution in [2.75, 3.05) is 89.4 Å². The summed E-state index contributed by atoms with van der Waals surface area (Å²) >= 11 is 0. The topological polar surface area (TPSA) is 219 Å². The molecule has 326 valence electrons. The van der Waals surface area contributed by atoms with Crippen molar-refractivity contribution in [2.45, 2.75) is 88.6 Å². The van der Waals surface area contributed by atoms with E-state index in [-0.39, 0.29) is 36.1 Å². The van der Waals surface area contributed by atoms with E-state index < -0.39 is 24.0 Å². The molecule has 60 heavy (non-hydrogen) atoms. The van der Waals surface area contributed by atoms with Gasteiger partial charge in [0.25, 0.3) is 5.88 Å². The van der Waals surface area contributed by atoms with Crippen LogP contribution in [0.3, 0.4) is 0 Å². The van der Waals surface area contributed by atoms with Crippen LogP contribution in [0.2, 0.25) is 0 Å². The van der Waals surface area contributed by atoms with Crippen LogP contribution in [-0.2, 0) is 19.1 Å². The van der Waals surface area contributed by atoms with Crippen LogP contribution < -0.4 is 21.1 Å². The number of nitrogens with zero attached hydrogens (tertiary/aromatic N) is 7. The molecule has 2 spiro atoms. The number of β-amino-alcohol motifs (C(OH)–C–C–N with tert-alkyl or cyclic N) is 1. The van der Waals surface area contributed by atoms with E-state index >= 15 is 0 Å². The third-order valence-corrected chi connectivity index (χ3v) is 13.6. The first-order valence-electron chi connectivity index (χ1n) is 21.6. The van der Waals surface area contributed by atoms with E-state index in [1.54, 1.807) is 18.2 Å². The number of ether oxygens (including phenoxy) is 3. The maximum atomic E-state index is 13.5. The highest BCUT2D eigenvalue weighted by Gasteiger charge is 2.47. The van der Waals surface area contributed by atoms with Crippen LogP contribution in [0.25, 0.3) is 11.3 Å². The molecule has 6 N–H and O–H groups in total. The number of hydrogen-bond donors (Lipinski definition) is 4. The van der Waals surface area contributed by atoms with Crippen LogP contribution >= 0.6 is 0 Å². The zero-order chi connectivity index (χ0) is 42.0. The van der Waals surface area contributed by atoms with Crippen LogP contribution in [0.15, 0.2) is 40.9 Å². The molecule has 1 aliphatic carbocycles. The maximum absolute atomic E-state index is 13.5. The average Bonchev–Trinajstić information content (AvgIpc) is 3.85. The largest absolute Gasteiger partial charge is 0.507 e. The number of nitrogens with two attached hydrogens (primary N) is 2. The molecule has 5 aliphatic rings. The van der Waals surface area contributed by atoms with Gasteiger partial charge in [0.2, 0.25) is 11.8 Å². The molecule has 3 atom stereocenters. The van der Waals surface area contributed by atoms with Gasteiger partial charge < -0.3 is 50.2 Å². The molecule has 0 radical (unpaired) electrons. The molecule has 2 amide bonds. The molecule has 4 saturated heterocycles. The number of rotatable bonds is 14. The fraction of sp³-hybridized carbons (Fsp3) is 0.651. The number of aliphatic hydroxyl groups excluding tert-OH is 1. The highest BCUT2D eigenvalue weighted by atomic mass is 16.5. The van der Waals surface area contributed by atoms with Gasteiger partial charge in [0.05, 0.1) is 42.4 Å². The van der Waals surface area contributed by atoms with Crippen LogP contribution in [-0.4, -0.2) is 155 Å². The molecule has 5 fully saturated rings. The monoisotopic (exact) mass is 831 g/mol. The molecule has 2 aromatic heterocycles. The minimum atomic E-state index is -0.840. The molecule has 1 saturated carbocycles. The quantitative estimate of drug-likeness (QED) is 0.184. The fourth-order valence-corrected chi connectivity index (χ4v) is 10.1. The lowest BCUT2D eigenvalue weighted by Crippen LogP contribution is -2.57. The van der Waals surface area contributed by atoms with Crippen molar-refractivity contribution in [1.82, 2.24) is 30.1 Å². The Bertz CT molecular complexity index is 1960. The number of piperidine rings is 2. The zero-order valence-corrected chi connectivity index (χ0v) is 34.9. The molecule has 0 bridgehead atoms. The van der Waals surface area contributed by atoms with Crippen molar-refractivity contribution in [3.8, 4) is 22.9 Å². The first kappa shape index (κ1) is 42.2. The molecule has 8 rings (SSSR count). The molecule has 1 aromatic carbocycles. The summed E-state index contributed by atoms with van der Waals surface area (Å²) in [5.74, 6) is -0.510. The number of para-hydroxylation sites is 1. The number of morpholine rings is 1. The van der Waals surface area contributed by atoms with Gasteiger partial charge in [-0.15, -0.1) is 10.2 Å². The number of hydrogen-bond acceptors (Lipinski definition) is 15. The van der Waals surface area contributed by atoms with Gasteiger partial charge in [-0.3, -0.25) is 19.4 Å². The lowest BCUT2D eigenvalue weighted by atomic mass is 9.61. The normalized spacial score (nSPS) is 23.9. The van der Waals surface area contributed by atoms with Gasteiger partial charge in [-0.05, 0) is 86.3 Å². The van der Waals surface area contributed by atoms with E-state index in [0.717, 1.165) is 110 Å². The van der Waals surface area contributed by atoms with Crippen molar-refractivity contribution < 1.29 is 38.5 Å². The number of aliphatic hydroxyl groups is 1. The third-order valence-electron chi connectivity index (χ3n) is 13.6. The Hall–Kier alpha value is -4.55. The van der Waals surface area contributed by atoms with Gasteiger partial charge >= 0.3 is 0 Å². The average molecular weight is 832 g/mol. The zero-order valence-electron chi connectivity index (χ0n) is 34.9. The Labute approximate surface area is 351 Å². The Balaban J connectivity index is 0.722. The number of nitrogen functional groups attached to an aromatic ring is 1. The molecular formula is C43H61N9O8. The summed E-state index contributed by atoms with van der Waals surface area (Å²) < 4.78 is 24.4. The molecule has 17 heteroatoms. The summed E-state index contributed by atoms with van der Waals surface area (Å²) in [5.41, 5.74) is 14.1. The maximum Gasteiger partial charge on any atom is 0.254 e. The molecule has 6 heterocycles. The van der Waals surface area contributed by atoms with E-state index in [9.17, 15) is 19.8 Å². The van der Waals surface area contributed by atoms with Gasteiger partial charge in [-0.2, -0.15) is 0 Å². The number of carbonyl (C=O) groups excluding carboxylic acids is 2. The van der Waals surface area contributed by atoms with E-state index in [4.69, 9.17) is 30.2 Å². The lowest BCUT2D eigenvalue weighted by molar-refractivity contribution is -0.139. The van der Waals surface area contributed by atoms with Crippen molar-refractivity contribution in [3.05, 3.63) is 42.2 Å². The number of phenols is 1. The second-order valence-electron chi connectivity index (χ2n) is 18.0. The fourth-order valence-electron chi connectivity index (χ4n) is 10.1. The molecule has 4 aliphatic heterocycles. The Kier molecular flexibility index (Phi) is 12.5. The molecule has 0 unspecified atom stereocenters. The van der Waals surface area contributed by atoms with Crippen LogP contribution in [0.5, 0.6) is 11.6 Å². The first-order chi connectivity index (χ1) is 28.9. The van der Waals surface area contributed by atoms with Crippen LogP contribution in [0.1, 0.15) is 70.5 Å². The summed E-state index contributed by atoms with van der Waals surface area (Å²) in [7, 11) is 0. The van der Waals surface area contributed by atoms with E-state index in [0.29, 0.717) is 46.8 Å². The SMILES string of the molecule is CC(C)[C@H](C(=O)N1C[C@H](O)C[C@H]1C(N)=O)c1cc(OCCN2CCC3(CC2)CC(OCCN2CCOC4(CCN(c5cc(-c6ccccc6O)nnc5N)CC4)C2)C3)no1. The molecule has 17 nitrogen and oxygen atoms in total. The second-order valence-corrected chi connectivity index (χ2v) is 18.0. The molecular weight excluding hydrogens is 771 g/mol. The molecule has 3 aromatic rings. The number of aromatic nitrogens is 3. The predicted octanol–water partition coefficient (Wildman–Crippen LogP) is 2.62. The highest BCUT2D eigenvalue weighted by molar-refractivity contribution is 5.90. The van der Waals surface area contributed by atoms with Crippen molar-refractivity contribution in [1.29, 1.82) is 0 Å². The standard InChI is InChI=1S/C43H61N9O8/c1-28(2)38(41(56)52-26-29(53)21-34(52)40(45)55)36-23-37(48-60-36)58-19-15-49-11-7-42(8-12-49)24-30(25-42)57-18-16-50-17-20-59-43(27-50)9-13-51(14-10-43)33-22-32(46-47-39(33)44)31-5-3-4-6-35(31)54/h3-6,22-23,28-30,34,38,53-54H,7-21,24-27H2,1-2H3,(H2,44,47)(H2,45,55)/t29-,34+,38+/m1/s1. The van der Waals surface area contributed by atoms with Crippen LogP contribution in [0, 0.1) is 11.3 Å². The Morgan fingerprint density at radius 3 is 2.47 bits per heavy atom. The minimum Gasteiger partial charge on any atom is -0.507 e. The van der Waals surface area contributed by atoms with E-state index in [1.165, 1.54) is 4.90 Å². The van der Waals surface area contributed by atoms with E-state index in [2.05, 4.69) is 30.1 Å². The number of anilines is 2. The van der Waals surface area contributed by atoms with Crippen molar-refractivity contribution >= 4 is 23.3 Å². The number of aromatic hydroxyl groups is 1. The van der Waals surface area contributed by atoms with Gasteiger partial charge in [-0.1, -0.05) is 26.0 Å². The number of carbonyl (C=O) groups is 2. The third kappa shape index (κ3) is 9.20. The second kappa shape index (κ2) is 17.8. The summed E-state index contributed by atoms with van der Waals surface area (Å²) in [5, 5.41) is 33.0. The smallest absolute Gasteiger partial charge is 0.254 e. The summed E-state index contributed by atoms with van der Waals surface area (Å²) in [4.78, 5) is 34.0. The van der Waals surface area contributed by atoms with Crippen LogP contribution in [0.4, 0.5) is 11.5 Å². The summed E-state index contributed by atoms with van der Waals surface area (Å²) in [6, 6.07) is 9.87. The summed E-state index contributed by atoms with van der Waals surface area (Å²) in [6.45, 7) is 12.9. The number of phenolic OH excluding ortho intramolecular Hbond substituents is 1. The number of primary amides is 1. The predicted molar refractivity (Wildman–Crippen MR) is 222 cm³/mol. The number of likely N-dealkylation sites (tertiary alicyclic amines) is 2. The Morgan fingerprint density at radius 1 is 0.983 bits per heavy atom. The van der Waals surface area contributed by atoms with Gasteiger partial charge in [0.15, 0.2) is 11.6 Å². The van der Waals surface area contributed by atoms with E-state index in [1.807, 2.05) is 32.0 Å². The van der Waals surface area contributed by atoms with Gasteiger partial charge in [0.1, 0.15) is 24.3 Å². The van der Waals surface area contributed by atoms with Crippen molar-refractivity contribution in [3.63, 3.8) is 0 Å². The Morgan fingerprint density at radius 2 is 1.73 bits per heavy atom. The van der Waals surface area contributed by atoms with Gasteiger partial charge in [-0.25, -0.2) is 0 Å². The number of amides is 2.